The molecule has 0 aliphatic rings. The number of phosphoric acid groups is 1. The molecule has 0 aliphatic carbocycles. The van der Waals surface area contributed by atoms with Crippen molar-refractivity contribution in [2.24, 2.45) is 0 Å². The lowest BCUT2D eigenvalue weighted by atomic mass is 10.2. The first-order valence-corrected chi connectivity index (χ1v) is 6.86. The Morgan fingerprint density at radius 1 is 1.50 bits per heavy atom. The number of unbranched alkanes of at least 4 members (excludes halogenated alkanes) is 1. The second-order valence-corrected chi connectivity index (χ2v) is 4.74. The molecular formula is C9H17O8P. The third-order valence-electron chi connectivity index (χ3n) is 1.70. The standard InChI is InChI=1S/C9H17O8P/c1-3-4-5-9(11)14-6-8(2)16-18(12,13)17-15-7-10/h7-8H,3-6H2,1-2H3,(H,12,13)/t8-/m1/s1. The minimum absolute atomic E-state index is 0.165. The molecule has 0 rings (SSSR count). The van der Waals surface area contributed by atoms with E-state index in [1.54, 1.807) is 0 Å². The maximum Gasteiger partial charge on any atom is 0.508 e. The Morgan fingerprint density at radius 3 is 2.72 bits per heavy atom. The first kappa shape index (κ1) is 17.1. The van der Waals surface area contributed by atoms with Crippen LogP contribution in [0.2, 0.25) is 0 Å². The van der Waals surface area contributed by atoms with Crippen LogP contribution in [0, 0.1) is 0 Å². The second-order valence-electron chi connectivity index (χ2n) is 3.44. The highest BCUT2D eigenvalue weighted by molar-refractivity contribution is 7.47. The molecule has 0 saturated carbocycles. The van der Waals surface area contributed by atoms with Crippen LogP contribution in [0.4, 0.5) is 0 Å². The van der Waals surface area contributed by atoms with Crippen LogP contribution in [0.15, 0.2) is 0 Å². The van der Waals surface area contributed by atoms with Gasteiger partial charge in [-0.15, -0.1) is 0 Å². The molecule has 0 aromatic rings. The number of carbonyl (C=O) groups is 2. The van der Waals surface area contributed by atoms with E-state index < -0.39 is 19.9 Å². The number of hydrogen-bond donors (Lipinski definition) is 1. The van der Waals surface area contributed by atoms with E-state index in [1.165, 1.54) is 6.92 Å². The zero-order chi connectivity index (χ0) is 14.0. The number of hydrogen-bond acceptors (Lipinski definition) is 7. The Morgan fingerprint density at radius 2 is 2.17 bits per heavy atom. The lowest BCUT2D eigenvalue weighted by molar-refractivity contribution is -0.209. The summed E-state index contributed by atoms with van der Waals surface area (Å²) < 4.78 is 24.2. The lowest BCUT2D eigenvalue weighted by Crippen LogP contribution is -2.18. The fourth-order valence-corrected chi connectivity index (χ4v) is 1.65. The van der Waals surface area contributed by atoms with Crippen molar-refractivity contribution >= 4 is 20.3 Å². The van der Waals surface area contributed by atoms with Crippen molar-refractivity contribution in [1.82, 2.24) is 0 Å². The largest absolute Gasteiger partial charge is 0.508 e. The maximum atomic E-state index is 11.1. The van der Waals surface area contributed by atoms with Crippen molar-refractivity contribution in [2.45, 2.75) is 39.2 Å². The third kappa shape index (κ3) is 9.12. The molecule has 0 spiro atoms. The first-order valence-electron chi connectivity index (χ1n) is 5.36. The molecule has 0 amide bonds. The molecule has 1 N–H and O–H groups in total. The molecule has 9 heteroatoms. The number of ether oxygens (including phenoxy) is 1. The zero-order valence-corrected chi connectivity index (χ0v) is 11.1. The molecule has 0 aromatic carbocycles. The minimum Gasteiger partial charge on any atom is -0.463 e. The van der Waals surface area contributed by atoms with Crippen molar-refractivity contribution in [1.29, 1.82) is 0 Å². The predicted molar refractivity (Wildman–Crippen MR) is 59.1 cm³/mol. The summed E-state index contributed by atoms with van der Waals surface area (Å²) in [6.07, 6.45) is 0.985. The quantitative estimate of drug-likeness (QED) is 0.210. The Balaban J connectivity index is 3.88. The van der Waals surface area contributed by atoms with Gasteiger partial charge in [-0.1, -0.05) is 18.0 Å². The van der Waals surface area contributed by atoms with Gasteiger partial charge in [-0.2, -0.15) is 0 Å². The zero-order valence-electron chi connectivity index (χ0n) is 10.2. The van der Waals surface area contributed by atoms with Crippen LogP contribution in [0.3, 0.4) is 0 Å². The van der Waals surface area contributed by atoms with E-state index in [1.807, 2.05) is 6.92 Å². The summed E-state index contributed by atoms with van der Waals surface area (Å²) in [5.74, 6) is -0.412. The topological polar surface area (TPSA) is 108 Å². The number of esters is 1. The predicted octanol–water partition coefficient (Wildman–Crippen LogP) is 1.33. The molecule has 2 atom stereocenters. The summed E-state index contributed by atoms with van der Waals surface area (Å²) >= 11 is 0. The van der Waals surface area contributed by atoms with Gasteiger partial charge in [0.2, 0.25) is 0 Å². The smallest absolute Gasteiger partial charge is 0.463 e. The summed E-state index contributed by atoms with van der Waals surface area (Å²) in [6.45, 7) is 2.98. The van der Waals surface area contributed by atoms with Crippen LogP contribution in [-0.4, -0.2) is 30.0 Å². The van der Waals surface area contributed by atoms with Gasteiger partial charge in [0.25, 0.3) is 0 Å². The van der Waals surface area contributed by atoms with E-state index in [0.717, 1.165) is 6.42 Å². The minimum atomic E-state index is -4.49. The molecule has 0 aromatic heterocycles. The van der Waals surface area contributed by atoms with Gasteiger partial charge in [0, 0.05) is 6.42 Å². The van der Waals surface area contributed by atoms with Gasteiger partial charge in [0.15, 0.2) is 0 Å². The van der Waals surface area contributed by atoms with Crippen LogP contribution < -0.4 is 0 Å². The molecule has 0 fully saturated rings. The fraction of sp³-hybridized carbons (Fsp3) is 0.778. The monoisotopic (exact) mass is 284 g/mol. The molecule has 1 unspecified atom stereocenters. The van der Waals surface area contributed by atoms with Crippen molar-refractivity contribution in [3.8, 4) is 0 Å². The number of phosphoric ester groups is 1. The van der Waals surface area contributed by atoms with Gasteiger partial charge in [-0.05, 0) is 13.3 Å². The van der Waals surface area contributed by atoms with E-state index in [2.05, 4.69) is 14.1 Å². The van der Waals surface area contributed by atoms with Crippen molar-refractivity contribution in [3.05, 3.63) is 0 Å². The van der Waals surface area contributed by atoms with E-state index in [-0.39, 0.29) is 19.5 Å². The van der Waals surface area contributed by atoms with Gasteiger partial charge in [0.05, 0.1) is 0 Å². The highest BCUT2D eigenvalue weighted by Gasteiger charge is 2.27. The van der Waals surface area contributed by atoms with Crippen LogP contribution >= 0.6 is 7.82 Å². The second kappa shape index (κ2) is 9.04. The Bertz CT molecular complexity index is 305. The Kier molecular flexibility index (Phi) is 8.57. The van der Waals surface area contributed by atoms with Crippen LogP contribution in [-0.2, 0) is 33.0 Å². The highest BCUT2D eigenvalue weighted by atomic mass is 31.2. The Hall–Kier alpha value is -0.950. The summed E-state index contributed by atoms with van der Waals surface area (Å²) in [5, 5.41) is 0. The summed E-state index contributed by atoms with van der Waals surface area (Å²) in [7, 11) is -4.49. The van der Waals surface area contributed by atoms with Gasteiger partial charge in [-0.25, -0.2) is 4.57 Å². The molecule has 106 valence electrons. The number of carbonyl (C=O) groups excluding carboxylic acids is 2. The van der Waals surface area contributed by atoms with Gasteiger partial charge >= 0.3 is 20.3 Å². The Labute approximate surface area is 105 Å². The molecule has 18 heavy (non-hydrogen) atoms. The van der Waals surface area contributed by atoms with Crippen LogP contribution in [0.5, 0.6) is 0 Å². The van der Waals surface area contributed by atoms with Crippen molar-refractivity contribution in [3.63, 3.8) is 0 Å². The molecule has 0 heterocycles. The maximum absolute atomic E-state index is 11.1. The average molecular weight is 284 g/mol. The fourth-order valence-electron chi connectivity index (χ4n) is 0.951. The molecule has 0 aliphatic heterocycles. The number of rotatable bonds is 10. The summed E-state index contributed by atoms with van der Waals surface area (Å²) in [4.78, 5) is 33.5. The van der Waals surface area contributed by atoms with E-state index in [9.17, 15) is 14.2 Å². The third-order valence-corrected chi connectivity index (χ3v) is 2.60. The van der Waals surface area contributed by atoms with Crippen molar-refractivity contribution in [2.75, 3.05) is 6.61 Å². The van der Waals surface area contributed by atoms with Crippen LogP contribution in [0.1, 0.15) is 33.1 Å². The van der Waals surface area contributed by atoms with E-state index >= 15 is 0 Å². The highest BCUT2D eigenvalue weighted by Crippen LogP contribution is 2.44. The first-order chi connectivity index (χ1) is 8.41. The van der Waals surface area contributed by atoms with Gasteiger partial charge in [0.1, 0.15) is 12.7 Å². The van der Waals surface area contributed by atoms with Gasteiger partial charge in [-0.3, -0.25) is 19.0 Å². The van der Waals surface area contributed by atoms with E-state index in [0.29, 0.717) is 6.42 Å². The molecule has 0 saturated heterocycles. The average Bonchev–Trinajstić information content (AvgIpc) is 2.30. The molecular weight excluding hydrogens is 267 g/mol. The molecule has 0 radical (unpaired) electrons. The van der Waals surface area contributed by atoms with Crippen LogP contribution in [0.25, 0.3) is 0 Å². The normalized spacial score (nSPS) is 15.5. The van der Waals surface area contributed by atoms with Crippen molar-refractivity contribution < 1.29 is 37.9 Å². The summed E-state index contributed by atoms with van der Waals surface area (Å²) in [5.41, 5.74) is 0. The van der Waals surface area contributed by atoms with Gasteiger partial charge < -0.3 is 9.63 Å². The molecule has 0 bridgehead atoms. The lowest BCUT2D eigenvalue weighted by Gasteiger charge is -2.15. The molecule has 8 nitrogen and oxygen atoms in total. The summed E-state index contributed by atoms with van der Waals surface area (Å²) in [6, 6.07) is 0. The van der Waals surface area contributed by atoms with E-state index in [4.69, 9.17) is 9.63 Å². The SMILES string of the molecule is CCCCC(=O)OC[C@@H](C)OP(=O)(O)OOC=O.